The summed E-state index contributed by atoms with van der Waals surface area (Å²) in [5.41, 5.74) is 6.82. The summed E-state index contributed by atoms with van der Waals surface area (Å²) in [4.78, 5) is 10.6. The van der Waals surface area contributed by atoms with Crippen molar-refractivity contribution in [3.05, 3.63) is 34.3 Å². The Bertz CT molecular complexity index is 338. The van der Waals surface area contributed by atoms with Crippen LogP contribution in [0, 0.1) is 6.92 Å². The third-order valence-electron chi connectivity index (χ3n) is 1.75. The average molecular weight is 200 g/mol. The van der Waals surface area contributed by atoms with E-state index in [1.54, 1.807) is 18.2 Å². The van der Waals surface area contributed by atoms with Gasteiger partial charge >= 0.3 is 5.97 Å². The molecule has 0 spiro atoms. The van der Waals surface area contributed by atoms with Gasteiger partial charge in [-0.2, -0.15) is 0 Å². The summed E-state index contributed by atoms with van der Waals surface area (Å²) in [6, 6.07) is 4.09. The smallest absolute Gasteiger partial charge is 0.325 e. The zero-order chi connectivity index (χ0) is 10.0. The topological polar surface area (TPSA) is 63.3 Å². The highest BCUT2D eigenvalue weighted by molar-refractivity contribution is 6.31. The molecule has 0 aromatic heterocycles. The van der Waals surface area contributed by atoms with Crippen LogP contribution in [0.1, 0.15) is 17.2 Å². The van der Waals surface area contributed by atoms with Crippen LogP contribution >= 0.6 is 11.6 Å². The molecule has 0 amide bonds. The maximum absolute atomic E-state index is 10.6. The van der Waals surface area contributed by atoms with E-state index in [4.69, 9.17) is 22.4 Å². The molecule has 3 nitrogen and oxygen atoms in total. The predicted octanol–water partition coefficient (Wildman–Crippen LogP) is 1.73. The summed E-state index contributed by atoms with van der Waals surface area (Å²) >= 11 is 5.79. The van der Waals surface area contributed by atoms with E-state index in [2.05, 4.69) is 0 Å². The molecule has 0 aliphatic heterocycles. The first-order valence-corrected chi connectivity index (χ1v) is 4.14. The highest BCUT2D eigenvalue weighted by Crippen LogP contribution is 2.22. The molecule has 4 heteroatoms. The van der Waals surface area contributed by atoms with Crippen molar-refractivity contribution in [3.63, 3.8) is 0 Å². The van der Waals surface area contributed by atoms with E-state index in [1.165, 1.54) is 0 Å². The SMILES string of the molecule is Cc1ccc(Cl)c([C@H](N)C(=O)O)c1. The van der Waals surface area contributed by atoms with Crippen molar-refractivity contribution >= 4 is 17.6 Å². The third-order valence-corrected chi connectivity index (χ3v) is 2.10. The van der Waals surface area contributed by atoms with Crippen LogP contribution in [-0.2, 0) is 4.79 Å². The number of hydrogen-bond donors (Lipinski definition) is 2. The van der Waals surface area contributed by atoms with Crippen LogP contribution in [0.15, 0.2) is 18.2 Å². The molecular weight excluding hydrogens is 190 g/mol. The Morgan fingerprint density at radius 3 is 2.77 bits per heavy atom. The molecular formula is C9H10ClNO2. The molecule has 13 heavy (non-hydrogen) atoms. The third kappa shape index (κ3) is 2.20. The minimum Gasteiger partial charge on any atom is -0.480 e. The molecule has 70 valence electrons. The Hall–Kier alpha value is -1.06. The molecule has 0 fully saturated rings. The van der Waals surface area contributed by atoms with Crippen LogP contribution in [0.2, 0.25) is 5.02 Å². The van der Waals surface area contributed by atoms with Crippen LogP contribution in [-0.4, -0.2) is 11.1 Å². The molecule has 0 aliphatic rings. The first-order chi connectivity index (χ1) is 6.02. The van der Waals surface area contributed by atoms with Gasteiger partial charge in [0, 0.05) is 5.02 Å². The van der Waals surface area contributed by atoms with Crippen molar-refractivity contribution in [3.8, 4) is 0 Å². The lowest BCUT2D eigenvalue weighted by molar-refractivity contribution is -0.138. The van der Waals surface area contributed by atoms with Crippen LogP contribution in [0.5, 0.6) is 0 Å². The predicted molar refractivity (Wildman–Crippen MR) is 50.8 cm³/mol. The number of aryl methyl sites for hydroxylation is 1. The maximum atomic E-state index is 10.6. The lowest BCUT2D eigenvalue weighted by Gasteiger charge is -2.09. The number of hydrogen-bond acceptors (Lipinski definition) is 2. The molecule has 0 aliphatic carbocycles. The average Bonchev–Trinajstić information content (AvgIpc) is 2.08. The number of halogens is 1. The lowest BCUT2D eigenvalue weighted by atomic mass is 10.1. The van der Waals surface area contributed by atoms with Crippen LogP contribution in [0.25, 0.3) is 0 Å². The van der Waals surface area contributed by atoms with E-state index in [0.717, 1.165) is 5.56 Å². The Morgan fingerprint density at radius 1 is 1.62 bits per heavy atom. The van der Waals surface area contributed by atoms with E-state index in [9.17, 15) is 4.79 Å². The molecule has 1 atom stereocenters. The van der Waals surface area contributed by atoms with E-state index in [-0.39, 0.29) is 0 Å². The number of benzene rings is 1. The highest BCUT2D eigenvalue weighted by atomic mass is 35.5. The normalized spacial score (nSPS) is 12.5. The zero-order valence-corrected chi connectivity index (χ0v) is 7.88. The van der Waals surface area contributed by atoms with Crippen LogP contribution in [0.4, 0.5) is 0 Å². The summed E-state index contributed by atoms with van der Waals surface area (Å²) in [7, 11) is 0. The number of rotatable bonds is 2. The van der Waals surface area contributed by atoms with Crippen molar-refractivity contribution in [2.24, 2.45) is 5.73 Å². The van der Waals surface area contributed by atoms with Gasteiger partial charge in [0.25, 0.3) is 0 Å². The Kier molecular flexibility index (Phi) is 2.90. The second-order valence-electron chi connectivity index (χ2n) is 2.84. The molecule has 1 aromatic carbocycles. The largest absolute Gasteiger partial charge is 0.480 e. The van der Waals surface area contributed by atoms with Crippen molar-refractivity contribution in [2.75, 3.05) is 0 Å². The summed E-state index contributed by atoms with van der Waals surface area (Å²) < 4.78 is 0. The van der Waals surface area contributed by atoms with Crippen LogP contribution in [0.3, 0.4) is 0 Å². The van der Waals surface area contributed by atoms with Gasteiger partial charge in [-0.05, 0) is 18.6 Å². The fraction of sp³-hybridized carbons (Fsp3) is 0.222. The van der Waals surface area contributed by atoms with Crippen molar-refractivity contribution in [1.82, 2.24) is 0 Å². The van der Waals surface area contributed by atoms with Gasteiger partial charge in [-0.25, -0.2) is 0 Å². The minimum atomic E-state index is -1.08. The van der Waals surface area contributed by atoms with Gasteiger partial charge in [0.15, 0.2) is 0 Å². The summed E-state index contributed by atoms with van der Waals surface area (Å²) in [5, 5.41) is 9.06. The first kappa shape index (κ1) is 10.0. The number of carboxylic acid groups (broad SMARTS) is 1. The van der Waals surface area contributed by atoms with Gasteiger partial charge in [0.05, 0.1) is 0 Å². The van der Waals surface area contributed by atoms with Crippen molar-refractivity contribution in [2.45, 2.75) is 13.0 Å². The summed E-state index contributed by atoms with van der Waals surface area (Å²) in [6.45, 7) is 1.86. The lowest BCUT2D eigenvalue weighted by Crippen LogP contribution is -2.21. The number of carbonyl (C=O) groups is 1. The van der Waals surface area contributed by atoms with Crippen molar-refractivity contribution < 1.29 is 9.90 Å². The van der Waals surface area contributed by atoms with Crippen LogP contribution < -0.4 is 5.73 Å². The van der Waals surface area contributed by atoms with Crippen molar-refractivity contribution in [1.29, 1.82) is 0 Å². The van der Waals surface area contributed by atoms with Gasteiger partial charge in [0.2, 0.25) is 0 Å². The maximum Gasteiger partial charge on any atom is 0.325 e. The zero-order valence-electron chi connectivity index (χ0n) is 7.12. The molecule has 3 N–H and O–H groups in total. The molecule has 1 aromatic rings. The van der Waals surface area contributed by atoms with Gasteiger partial charge in [-0.1, -0.05) is 29.3 Å². The molecule has 0 saturated carbocycles. The Balaban J connectivity index is 3.12. The quantitative estimate of drug-likeness (QED) is 0.763. The number of nitrogens with two attached hydrogens (primary N) is 1. The number of carboxylic acids is 1. The highest BCUT2D eigenvalue weighted by Gasteiger charge is 2.16. The van der Waals surface area contributed by atoms with E-state index in [0.29, 0.717) is 10.6 Å². The fourth-order valence-electron chi connectivity index (χ4n) is 1.03. The second-order valence-corrected chi connectivity index (χ2v) is 3.25. The Morgan fingerprint density at radius 2 is 2.23 bits per heavy atom. The van der Waals surface area contributed by atoms with E-state index < -0.39 is 12.0 Å². The Labute approximate surface area is 81.1 Å². The molecule has 0 radical (unpaired) electrons. The van der Waals surface area contributed by atoms with Gasteiger partial charge in [0.1, 0.15) is 6.04 Å². The summed E-state index contributed by atoms with van der Waals surface area (Å²) in [5.74, 6) is -1.08. The molecule has 0 heterocycles. The molecule has 0 saturated heterocycles. The van der Waals surface area contributed by atoms with Gasteiger partial charge in [-0.15, -0.1) is 0 Å². The first-order valence-electron chi connectivity index (χ1n) is 3.77. The van der Waals surface area contributed by atoms with E-state index >= 15 is 0 Å². The van der Waals surface area contributed by atoms with Gasteiger partial charge < -0.3 is 10.8 Å². The fourth-order valence-corrected chi connectivity index (χ4v) is 1.27. The minimum absolute atomic E-state index is 0.389. The molecule has 0 bridgehead atoms. The standard InChI is InChI=1S/C9H10ClNO2/c1-5-2-3-7(10)6(4-5)8(11)9(12)13/h2-4,8H,11H2,1H3,(H,12,13)/t8-/m0/s1. The second kappa shape index (κ2) is 3.77. The monoisotopic (exact) mass is 199 g/mol. The number of aliphatic carboxylic acids is 1. The molecule has 0 unspecified atom stereocenters. The molecule has 1 rings (SSSR count). The summed E-state index contributed by atoms with van der Waals surface area (Å²) in [6.07, 6.45) is 0. The van der Waals surface area contributed by atoms with E-state index in [1.807, 2.05) is 6.92 Å². The van der Waals surface area contributed by atoms with Gasteiger partial charge in [-0.3, -0.25) is 4.79 Å².